The Kier molecular flexibility index (Phi) is 4.00. The van der Waals surface area contributed by atoms with Crippen LogP contribution in [0.15, 0.2) is 12.1 Å². The van der Waals surface area contributed by atoms with Crippen molar-refractivity contribution < 1.29 is 9.47 Å². The molecule has 1 aromatic carbocycles. The van der Waals surface area contributed by atoms with Gasteiger partial charge in [-0.3, -0.25) is 4.90 Å². The number of benzene rings is 1. The van der Waals surface area contributed by atoms with Gasteiger partial charge in [-0.05, 0) is 43.6 Å². The molecule has 0 aliphatic carbocycles. The smallest absolute Gasteiger partial charge is 0.231 e. The van der Waals surface area contributed by atoms with Crippen LogP contribution in [0.25, 0.3) is 0 Å². The summed E-state index contributed by atoms with van der Waals surface area (Å²) in [6.07, 6.45) is 4.79. The van der Waals surface area contributed by atoms with Crippen LogP contribution < -0.4 is 9.47 Å². The standard InChI is InChI=1S/C15H17ClN2O2/c16-12-7-11(8-14-15(12)20-10-19-14)13(9-17)18-5-3-1-2-4-6-18/h7-8,13H,1-6,10H2. The topological polar surface area (TPSA) is 45.5 Å². The fourth-order valence-corrected chi connectivity index (χ4v) is 3.14. The predicted molar refractivity (Wildman–Crippen MR) is 76.0 cm³/mol. The first-order valence-corrected chi connectivity index (χ1v) is 7.40. The van der Waals surface area contributed by atoms with Gasteiger partial charge in [-0.15, -0.1) is 0 Å². The minimum Gasteiger partial charge on any atom is -0.454 e. The van der Waals surface area contributed by atoms with E-state index in [9.17, 15) is 5.26 Å². The molecule has 0 bridgehead atoms. The summed E-state index contributed by atoms with van der Waals surface area (Å²) in [6.45, 7) is 2.12. The van der Waals surface area contributed by atoms with Gasteiger partial charge < -0.3 is 9.47 Å². The maximum atomic E-state index is 9.56. The lowest BCUT2D eigenvalue weighted by Gasteiger charge is -2.25. The molecule has 0 saturated carbocycles. The zero-order chi connectivity index (χ0) is 13.9. The van der Waals surface area contributed by atoms with E-state index in [1.54, 1.807) is 0 Å². The van der Waals surface area contributed by atoms with Crippen LogP contribution in [0.4, 0.5) is 0 Å². The molecule has 20 heavy (non-hydrogen) atoms. The van der Waals surface area contributed by atoms with Crippen molar-refractivity contribution in [2.75, 3.05) is 19.9 Å². The van der Waals surface area contributed by atoms with E-state index in [1.165, 1.54) is 12.8 Å². The molecule has 5 heteroatoms. The van der Waals surface area contributed by atoms with Crippen molar-refractivity contribution in [3.63, 3.8) is 0 Å². The number of fused-ring (bicyclic) bond motifs is 1. The molecule has 1 atom stereocenters. The highest BCUT2D eigenvalue weighted by Gasteiger charge is 2.25. The summed E-state index contributed by atoms with van der Waals surface area (Å²) in [5.74, 6) is 1.23. The van der Waals surface area contributed by atoms with Crippen molar-refractivity contribution in [3.05, 3.63) is 22.7 Å². The van der Waals surface area contributed by atoms with Gasteiger partial charge in [0.05, 0.1) is 11.1 Å². The highest BCUT2D eigenvalue weighted by atomic mass is 35.5. The Morgan fingerprint density at radius 3 is 2.60 bits per heavy atom. The van der Waals surface area contributed by atoms with Gasteiger partial charge in [-0.1, -0.05) is 24.4 Å². The molecule has 0 spiro atoms. The fraction of sp³-hybridized carbons (Fsp3) is 0.533. The molecule has 0 aromatic heterocycles. The number of hydrogen-bond donors (Lipinski definition) is 0. The van der Waals surface area contributed by atoms with Gasteiger partial charge in [-0.25, -0.2) is 0 Å². The molecular weight excluding hydrogens is 276 g/mol. The maximum Gasteiger partial charge on any atom is 0.231 e. The molecule has 3 rings (SSSR count). The van der Waals surface area contributed by atoms with Crippen LogP contribution in [0.2, 0.25) is 5.02 Å². The highest BCUT2D eigenvalue weighted by Crippen LogP contribution is 2.41. The zero-order valence-corrected chi connectivity index (χ0v) is 12.0. The van der Waals surface area contributed by atoms with E-state index in [0.29, 0.717) is 16.5 Å². The molecule has 1 fully saturated rings. The number of nitriles is 1. The van der Waals surface area contributed by atoms with Crippen molar-refractivity contribution in [3.8, 4) is 17.6 Å². The largest absolute Gasteiger partial charge is 0.454 e. The van der Waals surface area contributed by atoms with E-state index in [2.05, 4.69) is 11.0 Å². The molecule has 1 aromatic rings. The fourth-order valence-electron chi connectivity index (χ4n) is 2.87. The van der Waals surface area contributed by atoms with Crippen molar-refractivity contribution in [1.29, 1.82) is 5.26 Å². The summed E-state index contributed by atoms with van der Waals surface area (Å²) >= 11 is 6.21. The normalized spacial score (nSPS) is 20.2. The first-order valence-electron chi connectivity index (χ1n) is 7.02. The molecule has 0 radical (unpaired) electrons. The number of halogens is 1. The first-order chi connectivity index (χ1) is 9.79. The van der Waals surface area contributed by atoms with Crippen molar-refractivity contribution >= 4 is 11.6 Å². The van der Waals surface area contributed by atoms with Crippen LogP contribution in [-0.4, -0.2) is 24.8 Å². The molecule has 2 aliphatic heterocycles. The highest BCUT2D eigenvalue weighted by molar-refractivity contribution is 6.32. The SMILES string of the molecule is N#CC(c1cc(Cl)c2c(c1)OCO2)N1CCCCCC1. The monoisotopic (exact) mass is 292 g/mol. The average molecular weight is 293 g/mol. The number of hydrogen-bond acceptors (Lipinski definition) is 4. The van der Waals surface area contributed by atoms with E-state index in [-0.39, 0.29) is 12.8 Å². The lowest BCUT2D eigenvalue weighted by atomic mass is 10.1. The van der Waals surface area contributed by atoms with Crippen molar-refractivity contribution in [2.24, 2.45) is 0 Å². The number of nitrogens with zero attached hydrogens (tertiary/aromatic N) is 2. The summed E-state index contributed by atoms with van der Waals surface area (Å²) in [7, 11) is 0. The quantitative estimate of drug-likeness (QED) is 0.837. The van der Waals surface area contributed by atoms with Crippen LogP contribution in [0, 0.1) is 11.3 Å². The summed E-state index contributed by atoms with van der Waals surface area (Å²) in [6, 6.07) is 5.85. The molecular formula is C15H17ClN2O2. The Balaban J connectivity index is 1.89. The summed E-state index contributed by atoms with van der Waals surface area (Å²) < 4.78 is 10.7. The minimum atomic E-state index is -0.264. The summed E-state index contributed by atoms with van der Waals surface area (Å²) in [5.41, 5.74) is 0.892. The van der Waals surface area contributed by atoms with Gasteiger partial charge >= 0.3 is 0 Å². The third-order valence-corrected chi connectivity index (χ3v) is 4.17. The second kappa shape index (κ2) is 5.90. The second-order valence-corrected chi connectivity index (χ2v) is 5.63. The molecule has 4 nitrogen and oxygen atoms in total. The van der Waals surface area contributed by atoms with Crippen LogP contribution in [0.1, 0.15) is 37.3 Å². The Morgan fingerprint density at radius 2 is 1.90 bits per heavy atom. The Hall–Kier alpha value is -1.44. The van der Waals surface area contributed by atoms with Gasteiger partial charge in [0.25, 0.3) is 0 Å². The molecule has 1 saturated heterocycles. The molecule has 1 unspecified atom stereocenters. The van der Waals surface area contributed by atoms with Crippen LogP contribution in [0.5, 0.6) is 11.5 Å². The number of ether oxygens (including phenoxy) is 2. The Labute approximate surface area is 123 Å². The maximum absolute atomic E-state index is 9.56. The second-order valence-electron chi connectivity index (χ2n) is 5.22. The molecule has 0 N–H and O–H groups in total. The lowest BCUT2D eigenvalue weighted by Crippen LogP contribution is -2.28. The van der Waals surface area contributed by atoms with Crippen molar-refractivity contribution in [1.82, 2.24) is 4.90 Å². The summed E-state index contributed by atoms with van der Waals surface area (Å²) in [4.78, 5) is 2.24. The summed E-state index contributed by atoms with van der Waals surface area (Å²) in [5, 5.41) is 10.1. The van der Waals surface area contributed by atoms with E-state index >= 15 is 0 Å². The van der Waals surface area contributed by atoms with Gasteiger partial charge in [0.15, 0.2) is 11.5 Å². The minimum absolute atomic E-state index is 0.194. The number of rotatable bonds is 2. The van der Waals surface area contributed by atoms with Gasteiger partial charge in [0.2, 0.25) is 6.79 Å². The molecule has 106 valence electrons. The van der Waals surface area contributed by atoms with E-state index in [0.717, 1.165) is 31.5 Å². The zero-order valence-electron chi connectivity index (χ0n) is 11.3. The Bertz CT molecular complexity index is 533. The molecule has 2 heterocycles. The van der Waals surface area contributed by atoms with Gasteiger partial charge in [0, 0.05) is 0 Å². The van der Waals surface area contributed by atoms with E-state index in [1.807, 2.05) is 12.1 Å². The van der Waals surface area contributed by atoms with Gasteiger partial charge in [-0.2, -0.15) is 5.26 Å². The third-order valence-electron chi connectivity index (χ3n) is 3.89. The lowest BCUT2D eigenvalue weighted by molar-refractivity contribution is 0.174. The Morgan fingerprint density at radius 1 is 1.15 bits per heavy atom. The van der Waals surface area contributed by atoms with Crippen molar-refractivity contribution in [2.45, 2.75) is 31.7 Å². The van der Waals surface area contributed by atoms with Crippen LogP contribution >= 0.6 is 11.6 Å². The third kappa shape index (κ3) is 2.56. The number of likely N-dealkylation sites (tertiary alicyclic amines) is 1. The van der Waals surface area contributed by atoms with E-state index < -0.39 is 0 Å². The van der Waals surface area contributed by atoms with Crippen LogP contribution in [-0.2, 0) is 0 Å². The first kappa shape index (κ1) is 13.5. The van der Waals surface area contributed by atoms with Crippen LogP contribution in [0.3, 0.4) is 0 Å². The van der Waals surface area contributed by atoms with Gasteiger partial charge in [0.1, 0.15) is 6.04 Å². The molecule has 0 amide bonds. The average Bonchev–Trinajstić information content (AvgIpc) is 2.76. The van der Waals surface area contributed by atoms with E-state index in [4.69, 9.17) is 21.1 Å². The predicted octanol–water partition coefficient (Wildman–Crippen LogP) is 3.51. The molecule has 2 aliphatic rings.